The van der Waals surface area contributed by atoms with Crippen LogP contribution in [0.1, 0.15) is 18.2 Å². The number of aryl methyl sites for hydroxylation is 1. The lowest BCUT2D eigenvalue weighted by Gasteiger charge is -2.14. The molecule has 7 nitrogen and oxygen atoms in total. The number of thioether (sulfide) groups is 1. The predicted octanol–water partition coefficient (Wildman–Crippen LogP) is 4.98. The number of hydrogen-bond donors (Lipinski definition) is 1. The van der Waals surface area contributed by atoms with Gasteiger partial charge in [-0.1, -0.05) is 42.2 Å². The van der Waals surface area contributed by atoms with Gasteiger partial charge in [0.25, 0.3) is 5.24 Å². The molecule has 0 spiro atoms. The van der Waals surface area contributed by atoms with Crippen LogP contribution in [0.4, 0.5) is 14.3 Å². The van der Waals surface area contributed by atoms with Crippen LogP contribution in [0, 0.1) is 5.82 Å². The van der Waals surface area contributed by atoms with Gasteiger partial charge >= 0.3 is 0 Å². The van der Waals surface area contributed by atoms with Gasteiger partial charge in [0.15, 0.2) is 5.13 Å². The minimum atomic E-state index is -0.367. The lowest BCUT2D eigenvalue weighted by Crippen LogP contribution is -2.07. The Kier molecular flexibility index (Phi) is 5.24. The van der Waals surface area contributed by atoms with Crippen LogP contribution in [-0.4, -0.2) is 35.7 Å². The fraction of sp³-hybridized carbons (Fsp3) is 0.190. The van der Waals surface area contributed by atoms with E-state index < -0.39 is 0 Å². The Morgan fingerprint density at radius 1 is 1.26 bits per heavy atom. The van der Waals surface area contributed by atoms with Crippen LogP contribution in [0.15, 0.2) is 43.0 Å². The average Bonchev–Trinajstić information content (AvgIpc) is 3.35. The summed E-state index contributed by atoms with van der Waals surface area (Å²) in [5, 5.41) is 8.02. The second kappa shape index (κ2) is 8.20. The Balaban J connectivity index is 1.69. The normalized spacial score (nSPS) is 12.3. The summed E-state index contributed by atoms with van der Waals surface area (Å²) in [4.78, 5) is 25.8. The first-order valence-electron chi connectivity index (χ1n) is 9.71. The van der Waals surface area contributed by atoms with E-state index in [1.807, 2.05) is 6.92 Å². The minimum Gasteiger partial charge on any atom is -0.293 e. The molecule has 0 radical (unpaired) electrons. The largest absolute Gasteiger partial charge is 0.293 e. The number of fused-ring (bicyclic) bond motifs is 3. The Bertz CT molecular complexity index is 1270. The van der Waals surface area contributed by atoms with Crippen molar-refractivity contribution in [3.63, 3.8) is 0 Å². The van der Waals surface area contributed by atoms with Crippen molar-refractivity contribution in [1.82, 2.24) is 24.7 Å². The third kappa shape index (κ3) is 3.61. The van der Waals surface area contributed by atoms with E-state index in [0.29, 0.717) is 29.4 Å². The van der Waals surface area contributed by atoms with Gasteiger partial charge in [-0.2, -0.15) is 5.10 Å². The van der Waals surface area contributed by atoms with E-state index in [0.717, 1.165) is 33.1 Å². The number of hydrogen-bond acceptors (Lipinski definition) is 7. The molecule has 3 aromatic heterocycles. The molecular formula is C21H17FN6OS2. The summed E-state index contributed by atoms with van der Waals surface area (Å²) < 4.78 is 16.4. The fourth-order valence-electron chi connectivity index (χ4n) is 3.63. The summed E-state index contributed by atoms with van der Waals surface area (Å²) in [6.45, 7) is 1.92. The number of amides is 1. The molecule has 0 saturated carbocycles. The highest BCUT2D eigenvalue weighted by molar-refractivity contribution is 8.13. The second-order valence-electron chi connectivity index (χ2n) is 6.81. The van der Waals surface area contributed by atoms with Crippen molar-refractivity contribution in [2.75, 3.05) is 11.1 Å². The summed E-state index contributed by atoms with van der Waals surface area (Å²) in [6.07, 6.45) is 6.28. The maximum absolute atomic E-state index is 14.7. The Hall–Kier alpha value is -3.11. The average molecular weight is 453 g/mol. The molecule has 0 atom stereocenters. The molecule has 10 heteroatoms. The van der Waals surface area contributed by atoms with Gasteiger partial charge in [0.05, 0.1) is 22.0 Å². The molecule has 1 aliphatic rings. The van der Waals surface area contributed by atoms with E-state index in [1.54, 1.807) is 35.3 Å². The lowest BCUT2D eigenvalue weighted by molar-refractivity contribution is 0.270. The maximum Gasteiger partial charge on any atom is 0.285 e. The number of nitrogens with one attached hydrogen (secondary N) is 1. The monoisotopic (exact) mass is 452 g/mol. The molecule has 0 bridgehead atoms. The molecule has 0 saturated heterocycles. The molecule has 1 N–H and O–H groups in total. The Labute approximate surface area is 185 Å². The van der Waals surface area contributed by atoms with E-state index in [2.05, 4.69) is 20.3 Å². The van der Waals surface area contributed by atoms with E-state index >= 15 is 0 Å². The van der Waals surface area contributed by atoms with E-state index in [4.69, 9.17) is 5.10 Å². The molecule has 4 aromatic rings. The van der Waals surface area contributed by atoms with Crippen molar-refractivity contribution in [3.8, 4) is 27.5 Å². The first-order chi connectivity index (χ1) is 15.2. The van der Waals surface area contributed by atoms with Crippen molar-refractivity contribution in [3.05, 3.63) is 60.1 Å². The van der Waals surface area contributed by atoms with Crippen molar-refractivity contribution in [2.45, 2.75) is 19.8 Å². The number of para-hydroxylation sites is 1. The minimum absolute atomic E-state index is 0.140. The molecule has 156 valence electrons. The topological polar surface area (TPSA) is 85.6 Å². The zero-order valence-corrected chi connectivity index (χ0v) is 18.1. The van der Waals surface area contributed by atoms with Crippen molar-refractivity contribution in [1.29, 1.82) is 0 Å². The first kappa shape index (κ1) is 19.8. The number of carbonyl (C=O) groups excluding carboxylic acids is 1. The molecule has 0 fully saturated rings. The van der Waals surface area contributed by atoms with E-state index in [-0.39, 0.29) is 11.1 Å². The predicted molar refractivity (Wildman–Crippen MR) is 120 cm³/mol. The summed E-state index contributed by atoms with van der Waals surface area (Å²) in [7, 11) is 0. The van der Waals surface area contributed by atoms with Crippen LogP contribution in [0.3, 0.4) is 0 Å². The molecular weight excluding hydrogens is 435 g/mol. The molecule has 3 heterocycles. The number of rotatable bonds is 4. The summed E-state index contributed by atoms with van der Waals surface area (Å²) in [5.74, 6) is 0.317. The highest BCUT2D eigenvalue weighted by Gasteiger charge is 2.30. The third-order valence-electron chi connectivity index (χ3n) is 4.91. The molecule has 0 unspecified atom stereocenters. The van der Waals surface area contributed by atoms with Crippen molar-refractivity contribution >= 4 is 33.5 Å². The van der Waals surface area contributed by atoms with Crippen molar-refractivity contribution < 1.29 is 9.18 Å². The van der Waals surface area contributed by atoms with Gasteiger partial charge in [-0.3, -0.25) is 10.1 Å². The number of halogens is 1. The van der Waals surface area contributed by atoms with Crippen LogP contribution in [0.5, 0.6) is 0 Å². The van der Waals surface area contributed by atoms with Crippen LogP contribution < -0.4 is 5.32 Å². The van der Waals surface area contributed by atoms with Gasteiger partial charge in [0, 0.05) is 23.5 Å². The highest BCUT2D eigenvalue weighted by atomic mass is 32.2. The number of aromatic nitrogens is 5. The second-order valence-corrected chi connectivity index (χ2v) is 9.04. The van der Waals surface area contributed by atoms with Crippen LogP contribution in [0.2, 0.25) is 0 Å². The lowest BCUT2D eigenvalue weighted by atomic mass is 9.96. The van der Waals surface area contributed by atoms with Gasteiger partial charge in [-0.05, 0) is 30.7 Å². The van der Waals surface area contributed by atoms with E-state index in [9.17, 15) is 9.18 Å². The van der Waals surface area contributed by atoms with Crippen molar-refractivity contribution in [2.24, 2.45) is 0 Å². The summed E-state index contributed by atoms with van der Waals surface area (Å²) in [5.41, 5.74) is 4.53. The molecule has 1 aliphatic carbocycles. The fourth-order valence-corrected chi connectivity index (χ4v) is 5.19. The summed E-state index contributed by atoms with van der Waals surface area (Å²) in [6, 6.07) is 6.54. The SMILES string of the molecule is CCSC(=O)Nc1nc2c(s1)-c1c(c(-c3cncnc3)nn1-c1ccccc1F)CC2. The van der Waals surface area contributed by atoms with Gasteiger partial charge in [0.1, 0.15) is 17.8 Å². The first-order valence-corrected chi connectivity index (χ1v) is 11.5. The molecule has 1 amide bonds. The van der Waals surface area contributed by atoms with Crippen LogP contribution >= 0.6 is 23.1 Å². The number of anilines is 1. The van der Waals surface area contributed by atoms with Gasteiger partial charge in [0.2, 0.25) is 0 Å². The standard InChI is InChI=1S/C21H17FN6OS2/c1-2-30-21(29)26-20-25-15-8-7-13-17(12-9-23-11-24-10-12)27-28(18(13)19(15)31-20)16-6-4-3-5-14(16)22/h3-6,9-11H,2,7-8H2,1H3,(H,25,26,29). The number of benzene rings is 1. The molecule has 5 rings (SSSR count). The summed E-state index contributed by atoms with van der Waals surface area (Å²) >= 11 is 2.58. The number of thiazole rings is 1. The Morgan fingerprint density at radius 3 is 2.84 bits per heavy atom. The highest BCUT2D eigenvalue weighted by Crippen LogP contribution is 2.44. The molecule has 31 heavy (non-hydrogen) atoms. The van der Waals surface area contributed by atoms with Gasteiger partial charge in [-0.15, -0.1) is 0 Å². The van der Waals surface area contributed by atoms with E-state index in [1.165, 1.54) is 35.5 Å². The smallest absolute Gasteiger partial charge is 0.285 e. The Morgan fingerprint density at radius 2 is 2.06 bits per heavy atom. The number of nitrogens with zero attached hydrogens (tertiary/aromatic N) is 5. The van der Waals surface area contributed by atoms with Crippen LogP contribution in [-0.2, 0) is 12.8 Å². The van der Waals surface area contributed by atoms with Gasteiger partial charge < -0.3 is 0 Å². The third-order valence-corrected chi connectivity index (χ3v) is 6.58. The molecule has 1 aromatic carbocycles. The number of carbonyl (C=O) groups is 1. The quantitative estimate of drug-likeness (QED) is 0.470. The zero-order valence-electron chi connectivity index (χ0n) is 16.5. The van der Waals surface area contributed by atoms with Crippen LogP contribution in [0.25, 0.3) is 27.5 Å². The maximum atomic E-state index is 14.7. The zero-order chi connectivity index (χ0) is 21.4. The van der Waals surface area contributed by atoms with Gasteiger partial charge in [-0.25, -0.2) is 24.0 Å². The molecule has 0 aliphatic heterocycles.